The first-order valence-electron chi connectivity index (χ1n) is 8.54. The van der Waals surface area contributed by atoms with Crippen LogP contribution in [0.25, 0.3) is 11.0 Å². The van der Waals surface area contributed by atoms with E-state index in [-0.39, 0.29) is 18.8 Å². The number of carboxylic acids is 1. The maximum Gasteiger partial charge on any atom is 0.359 e. The first kappa shape index (κ1) is 19.4. The van der Waals surface area contributed by atoms with Gasteiger partial charge in [0.25, 0.3) is 5.72 Å². The van der Waals surface area contributed by atoms with Crippen molar-refractivity contribution in [1.29, 1.82) is 0 Å². The summed E-state index contributed by atoms with van der Waals surface area (Å²) in [6.07, 6.45) is 0. The van der Waals surface area contributed by atoms with Crippen LogP contribution < -0.4 is 10.5 Å². The zero-order valence-electron chi connectivity index (χ0n) is 15.2. The summed E-state index contributed by atoms with van der Waals surface area (Å²) < 4.78 is 10.8. The molecule has 1 unspecified atom stereocenters. The summed E-state index contributed by atoms with van der Waals surface area (Å²) in [7, 11) is 0. The molecule has 0 radical (unpaired) electrons. The minimum Gasteiger partial charge on any atom is -0.478 e. The number of carbonyl (C=O) groups is 2. The summed E-state index contributed by atoms with van der Waals surface area (Å²) in [5.74, 6) is -2.13. The van der Waals surface area contributed by atoms with Gasteiger partial charge in [-0.2, -0.15) is 0 Å². The molecule has 0 aliphatic carbocycles. The van der Waals surface area contributed by atoms with E-state index in [4.69, 9.17) is 15.2 Å². The molecular weight excluding hydrogens is 362 g/mol. The van der Waals surface area contributed by atoms with Crippen LogP contribution >= 0.6 is 0 Å². The predicted molar refractivity (Wildman–Crippen MR) is 101 cm³/mol. The van der Waals surface area contributed by atoms with Gasteiger partial charge in [-0.1, -0.05) is 42.5 Å². The number of nitrogens with zero attached hydrogens (tertiary/aromatic N) is 2. The summed E-state index contributed by atoms with van der Waals surface area (Å²) in [6.45, 7) is 1.47. The molecule has 0 saturated heterocycles. The van der Waals surface area contributed by atoms with Gasteiger partial charge in [-0.3, -0.25) is 10.5 Å². The van der Waals surface area contributed by atoms with Crippen LogP contribution in [0.3, 0.4) is 0 Å². The highest BCUT2D eigenvalue weighted by Gasteiger charge is 2.44. The van der Waals surface area contributed by atoms with E-state index in [0.717, 1.165) is 5.52 Å². The molecule has 28 heavy (non-hydrogen) atoms. The van der Waals surface area contributed by atoms with Crippen molar-refractivity contribution >= 4 is 22.8 Å². The van der Waals surface area contributed by atoms with Crippen LogP contribution in [0.5, 0.6) is 5.88 Å². The molecule has 3 N–H and O–H groups in total. The lowest BCUT2D eigenvalue weighted by Crippen LogP contribution is -2.57. The van der Waals surface area contributed by atoms with Gasteiger partial charge < -0.3 is 14.6 Å². The molecule has 2 aromatic carbocycles. The molecule has 1 atom stereocenters. The average molecular weight is 381 g/mol. The van der Waals surface area contributed by atoms with Gasteiger partial charge >= 0.3 is 5.97 Å². The van der Waals surface area contributed by atoms with E-state index >= 15 is 0 Å². The van der Waals surface area contributed by atoms with Crippen LogP contribution in [0.4, 0.5) is 0 Å². The van der Waals surface area contributed by atoms with Gasteiger partial charge in [0.2, 0.25) is 11.7 Å². The Morgan fingerprint density at radius 2 is 1.61 bits per heavy atom. The minimum atomic E-state index is -2.51. The van der Waals surface area contributed by atoms with Crippen LogP contribution in [-0.2, 0) is 9.53 Å². The second-order valence-corrected chi connectivity index (χ2v) is 6.04. The number of fused-ring (bicyclic) bond motifs is 1. The number of aryl methyl sites for hydroxylation is 1. The van der Waals surface area contributed by atoms with Crippen molar-refractivity contribution in [3.63, 3.8) is 0 Å². The van der Waals surface area contributed by atoms with Crippen LogP contribution in [0.15, 0.2) is 54.6 Å². The largest absolute Gasteiger partial charge is 0.478 e. The summed E-state index contributed by atoms with van der Waals surface area (Å²) >= 11 is 0. The van der Waals surface area contributed by atoms with E-state index in [2.05, 4.69) is 9.97 Å². The van der Waals surface area contributed by atoms with E-state index in [9.17, 15) is 14.7 Å². The highest BCUT2D eigenvalue weighted by atomic mass is 16.6. The lowest BCUT2D eigenvalue weighted by molar-refractivity contribution is -0.159. The van der Waals surface area contributed by atoms with Gasteiger partial charge in [-0.05, 0) is 19.1 Å². The van der Waals surface area contributed by atoms with E-state index in [1.165, 1.54) is 12.1 Å². The lowest BCUT2D eigenvalue weighted by Gasteiger charge is -2.23. The Balaban J connectivity index is 1.66. The van der Waals surface area contributed by atoms with E-state index in [1.54, 1.807) is 31.2 Å². The number of rotatable bonds is 8. The smallest absolute Gasteiger partial charge is 0.359 e. The fraction of sp³-hybridized carbons (Fsp3) is 0.200. The molecule has 8 heteroatoms. The number of aliphatic carboxylic acids is 1. The summed E-state index contributed by atoms with van der Waals surface area (Å²) in [4.78, 5) is 32.8. The molecule has 0 aliphatic heterocycles. The first-order valence-corrected chi connectivity index (χ1v) is 8.54. The van der Waals surface area contributed by atoms with E-state index < -0.39 is 17.5 Å². The fourth-order valence-corrected chi connectivity index (χ4v) is 2.58. The van der Waals surface area contributed by atoms with Crippen molar-refractivity contribution < 1.29 is 24.2 Å². The maximum absolute atomic E-state index is 12.5. The molecule has 0 bridgehead atoms. The molecule has 8 nitrogen and oxygen atoms in total. The molecule has 144 valence electrons. The van der Waals surface area contributed by atoms with Crippen molar-refractivity contribution in [3.8, 4) is 5.88 Å². The molecule has 3 rings (SSSR count). The maximum atomic E-state index is 12.5. The molecule has 1 heterocycles. The Bertz CT molecular complexity index is 1010. The van der Waals surface area contributed by atoms with Gasteiger partial charge in [-0.25, -0.2) is 14.8 Å². The van der Waals surface area contributed by atoms with Crippen molar-refractivity contribution in [3.05, 3.63) is 65.9 Å². The molecule has 0 amide bonds. The number of ether oxygens (including phenoxy) is 2. The second-order valence-electron chi connectivity index (χ2n) is 6.04. The van der Waals surface area contributed by atoms with E-state index in [0.29, 0.717) is 17.1 Å². The third kappa shape index (κ3) is 3.98. The van der Waals surface area contributed by atoms with Gasteiger partial charge in [0.15, 0.2) is 0 Å². The van der Waals surface area contributed by atoms with Crippen molar-refractivity contribution in [1.82, 2.24) is 9.97 Å². The predicted octanol–water partition coefficient (Wildman–Crippen LogP) is 1.96. The van der Waals surface area contributed by atoms with Crippen LogP contribution in [0.1, 0.15) is 16.1 Å². The second kappa shape index (κ2) is 8.12. The summed E-state index contributed by atoms with van der Waals surface area (Å²) in [5.41, 5.74) is 5.37. The molecule has 0 aliphatic rings. The number of Topliss-reactive ketones (excluding diaryl/α,β-unsaturated/α-hetero) is 1. The highest BCUT2D eigenvalue weighted by Crippen LogP contribution is 2.18. The monoisotopic (exact) mass is 381 g/mol. The Kier molecular flexibility index (Phi) is 5.62. The SMILES string of the molecule is Cc1nc2ccccc2nc1OCCOC(N)(C(=O)O)C(=O)c1ccccc1. The normalized spacial score (nSPS) is 13.1. The fourth-order valence-electron chi connectivity index (χ4n) is 2.58. The van der Waals surface area contributed by atoms with Crippen LogP contribution in [-0.4, -0.2) is 45.8 Å². The molecule has 0 spiro atoms. The first-order chi connectivity index (χ1) is 13.4. The van der Waals surface area contributed by atoms with Crippen LogP contribution in [0, 0.1) is 6.92 Å². The lowest BCUT2D eigenvalue weighted by atomic mass is 10.0. The average Bonchev–Trinajstić information content (AvgIpc) is 2.71. The molecule has 0 fully saturated rings. The molecule has 0 saturated carbocycles. The zero-order chi connectivity index (χ0) is 20.1. The Hall–Kier alpha value is -3.36. The number of hydrogen-bond acceptors (Lipinski definition) is 7. The number of hydrogen-bond donors (Lipinski definition) is 2. The van der Waals surface area contributed by atoms with Gasteiger partial charge in [0, 0.05) is 5.56 Å². The Morgan fingerprint density at radius 3 is 2.25 bits per heavy atom. The number of carboxylic acid groups (broad SMARTS) is 1. The van der Waals surface area contributed by atoms with Crippen molar-refractivity contribution in [2.45, 2.75) is 12.6 Å². The number of nitrogens with two attached hydrogens (primary N) is 1. The number of para-hydroxylation sites is 2. The quantitative estimate of drug-likeness (QED) is 0.263. The molecule has 1 aromatic heterocycles. The number of aromatic nitrogens is 2. The zero-order valence-corrected chi connectivity index (χ0v) is 15.2. The number of carbonyl (C=O) groups excluding carboxylic acids is 1. The van der Waals surface area contributed by atoms with E-state index in [1.807, 2.05) is 18.2 Å². The summed E-state index contributed by atoms with van der Waals surface area (Å²) in [5, 5.41) is 9.41. The van der Waals surface area contributed by atoms with Gasteiger partial charge in [-0.15, -0.1) is 0 Å². The van der Waals surface area contributed by atoms with Crippen LogP contribution in [0.2, 0.25) is 0 Å². The topological polar surface area (TPSA) is 125 Å². The standard InChI is InChI=1S/C20H19N3O5/c1-13-18(23-16-10-6-5-9-15(16)22-13)27-11-12-28-20(21,19(25)26)17(24)14-7-3-2-4-8-14/h2-10H,11-12,21H2,1H3,(H,25,26). The highest BCUT2D eigenvalue weighted by molar-refractivity contribution is 6.14. The van der Waals surface area contributed by atoms with Gasteiger partial charge in [0.1, 0.15) is 12.3 Å². The number of ketones is 1. The Labute approximate surface area is 160 Å². The molecule has 3 aromatic rings. The third-order valence-electron chi connectivity index (χ3n) is 4.04. The van der Waals surface area contributed by atoms with Gasteiger partial charge in [0.05, 0.1) is 17.6 Å². The summed E-state index contributed by atoms with van der Waals surface area (Å²) in [6, 6.07) is 15.2. The van der Waals surface area contributed by atoms with Crippen molar-refractivity contribution in [2.75, 3.05) is 13.2 Å². The number of benzene rings is 2. The van der Waals surface area contributed by atoms with Crippen molar-refractivity contribution in [2.24, 2.45) is 5.73 Å². The Morgan fingerprint density at radius 1 is 1.00 bits per heavy atom. The third-order valence-corrected chi connectivity index (χ3v) is 4.04. The minimum absolute atomic E-state index is 0.0534. The molecular formula is C20H19N3O5.